The Labute approximate surface area is 252 Å². The molecule has 0 aliphatic carbocycles. The molecule has 1 aliphatic rings. The third-order valence-electron chi connectivity index (χ3n) is 7.11. The summed E-state index contributed by atoms with van der Waals surface area (Å²) in [6, 6.07) is 8.20. The van der Waals surface area contributed by atoms with Crippen LogP contribution in [0.2, 0.25) is 0 Å². The van der Waals surface area contributed by atoms with E-state index in [4.69, 9.17) is 22.7 Å². The van der Waals surface area contributed by atoms with E-state index in [9.17, 15) is 18.9 Å². The summed E-state index contributed by atoms with van der Waals surface area (Å²) in [4.78, 5) is 39.0. The fourth-order valence-corrected chi connectivity index (χ4v) is 8.54. The predicted molar refractivity (Wildman–Crippen MR) is 163 cm³/mol. The molecule has 2 heterocycles. The maximum atomic E-state index is 16.8. The van der Waals surface area contributed by atoms with Crippen LogP contribution in [-0.4, -0.2) is 69.4 Å². The number of carbonyl (C=O) groups is 1. The van der Waals surface area contributed by atoms with Crippen LogP contribution in [0.15, 0.2) is 52.2 Å². The van der Waals surface area contributed by atoms with Gasteiger partial charge >= 0.3 is 19.4 Å². The van der Waals surface area contributed by atoms with Crippen LogP contribution in [0.25, 0.3) is 0 Å². The summed E-state index contributed by atoms with van der Waals surface area (Å²) in [5.41, 5.74) is -3.78. The summed E-state index contributed by atoms with van der Waals surface area (Å²) < 4.78 is 61.1. The van der Waals surface area contributed by atoms with Crippen molar-refractivity contribution >= 4 is 24.0 Å². The number of rotatable bonds is 15. The third kappa shape index (κ3) is 8.58. The smallest absolute Gasteiger partial charge is 0.459 e. The summed E-state index contributed by atoms with van der Waals surface area (Å²) in [6.07, 6.45) is -3.18. The van der Waals surface area contributed by atoms with Gasteiger partial charge in [-0.1, -0.05) is 39.0 Å². The van der Waals surface area contributed by atoms with E-state index in [1.807, 2.05) is 20.8 Å². The Kier molecular flexibility index (Phi) is 11.8. The number of aromatic nitrogens is 2. The summed E-state index contributed by atoms with van der Waals surface area (Å²) in [5, 5.41) is 2.60. The number of nitrogens with one attached hydrogen (secondary N) is 2. The van der Waals surface area contributed by atoms with Gasteiger partial charge in [-0.25, -0.2) is 13.8 Å². The molecule has 1 saturated heterocycles. The first kappa shape index (κ1) is 35.0. The van der Waals surface area contributed by atoms with Crippen LogP contribution in [0.3, 0.4) is 0 Å². The number of aromatic amines is 1. The molecule has 15 heteroatoms. The van der Waals surface area contributed by atoms with Gasteiger partial charge in [0, 0.05) is 12.3 Å². The van der Waals surface area contributed by atoms with Crippen LogP contribution >= 0.6 is 18.1 Å². The number of hydrogen-bond acceptors (Lipinski definition) is 9. The van der Waals surface area contributed by atoms with Crippen molar-refractivity contribution in [3.05, 3.63) is 63.4 Å². The van der Waals surface area contributed by atoms with Gasteiger partial charge in [0.2, 0.25) is 0 Å². The van der Waals surface area contributed by atoms with Gasteiger partial charge < -0.3 is 18.2 Å². The van der Waals surface area contributed by atoms with Crippen LogP contribution in [0.5, 0.6) is 5.75 Å². The molecule has 2 aromatic rings. The van der Waals surface area contributed by atoms with E-state index < -0.39 is 78.1 Å². The lowest BCUT2D eigenvalue weighted by atomic mass is 9.98. The standard InChI is InChI=1S/C28H43FN3O9PS/c1-8-43(9-2,10-3)41-24-22(39-26(28(24,7)29)32-17-16-23(33)30-27(32)35)18-37-42(36,40-21-14-12-11-13-15-21)31-20(6)25(34)38-19(4)5/h11-17,19-20,22,24,26H,8-10,18H2,1-7H3,(H,31,36)(H,30,33,35)/t20-,22+,24+,26+,28+,42?/m0/s1. The quantitative estimate of drug-likeness (QED) is 0.210. The minimum Gasteiger partial charge on any atom is -0.462 e. The largest absolute Gasteiger partial charge is 0.462 e. The molecular weight excluding hydrogens is 604 g/mol. The van der Waals surface area contributed by atoms with E-state index >= 15 is 4.39 Å². The summed E-state index contributed by atoms with van der Waals surface area (Å²) in [6.45, 7) is 11.5. The number of hydrogen-bond donors (Lipinski definition) is 2. The molecule has 1 aromatic heterocycles. The zero-order valence-electron chi connectivity index (χ0n) is 25.6. The fourth-order valence-electron chi connectivity index (χ4n) is 4.65. The summed E-state index contributed by atoms with van der Waals surface area (Å²) >= 11 is 0. The Balaban J connectivity index is 1.97. The van der Waals surface area contributed by atoms with Gasteiger partial charge in [0.25, 0.3) is 5.56 Å². The Bertz CT molecular complexity index is 1380. The number of benzene rings is 1. The first-order chi connectivity index (χ1) is 20.2. The molecule has 0 radical (unpaired) electrons. The Morgan fingerprint density at radius 2 is 1.77 bits per heavy atom. The first-order valence-corrected chi connectivity index (χ1v) is 17.9. The van der Waals surface area contributed by atoms with Crippen LogP contribution < -0.4 is 20.9 Å². The minimum absolute atomic E-state index is 0.197. The highest BCUT2D eigenvalue weighted by Crippen LogP contribution is 2.55. The van der Waals surface area contributed by atoms with Gasteiger partial charge in [0.15, 0.2) is 11.9 Å². The third-order valence-corrected chi connectivity index (χ3v) is 12.5. The molecule has 0 amide bonds. The average molecular weight is 648 g/mol. The Morgan fingerprint density at radius 3 is 2.33 bits per heavy atom. The topological polar surface area (TPSA) is 147 Å². The molecule has 1 aromatic carbocycles. The van der Waals surface area contributed by atoms with Crippen LogP contribution in [0.4, 0.5) is 4.39 Å². The fraction of sp³-hybridized carbons (Fsp3) is 0.607. The van der Waals surface area contributed by atoms with Gasteiger partial charge in [-0.05, 0) is 57.1 Å². The van der Waals surface area contributed by atoms with E-state index in [1.165, 1.54) is 13.8 Å². The number of carbonyl (C=O) groups excluding carboxylic acids is 1. The zero-order valence-corrected chi connectivity index (χ0v) is 27.3. The lowest BCUT2D eigenvalue weighted by Gasteiger charge is -2.42. The van der Waals surface area contributed by atoms with Gasteiger partial charge in [-0.15, -0.1) is 10.3 Å². The molecule has 1 fully saturated rings. The lowest BCUT2D eigenvalue weighted by Crippen LogP contribution is -2.46. The van der Waals surface area contributed by atoms with Crippen molar-refractivity contribution in [3.63, 3.8) is 0 Å². The highest BCUT2D eigenvalue weighted by Gasteiger charge is 2.58. The summed E-state index contributed by atoms with van der Waals surface area (Å²) in [5.74, 6) is 1.47. The minimum atomic E-state index is -4.31. The van der Waals surface area contributed by atoms with E-state index in [0.717, 1.165) is 16.8 Å². The predicted octanol–water partition coefficient (Wildman–Crippen LogP) is 4.46. The monoisotopic (exact) mass is 647 g/mol. The molecule has 0 saturated carbocycles. The molecule has 1 aliphatic heterocycles. The summed E-state index contributed by atoms with van der Waals surface area (Å²) in [7, 11) is -6.08. The van der Waals surface area contributed by atoms with E-state index in [-0.39, 0.29) is 5.75 Å². The molecule has 0 bridgehead atoms. The molecule has 12 nitrogen and oxygen atoms in total. The molecule has 1 unspecified atom stereocenters. The number of H-pyrrole nitrogens is 1. The molecule has 242 valence electrons. The average Bonchev–Trinajstić information content (AvgIpc) is 3.19. The number of ether oxygens (including phenoxy) is 2. The molecule has 43 heavy (non-hydrogen) atoms. The van der Waals surface area contributed by atoms with Crippen molar-refractivity contribution in [2.45, 2.75) is 84.7 Å². The second-order valence-corrected chi connectivity index (χ2v) is 16.1. The normalized spacial score (nSPS) is 24.8. The van der Waals surface area contributed by atoms with Crippen molar-refractivity contribution in [2.75, 3.05) is 23.9 Å². The number of alkyl halides is 1. The van der Waals surface area contributed by atoms with Crippen LogP contribution in [0.1, 0.15) is 54.7 Å². The van der Waals surface area contributed by atoms with E-state index in [1.54, 1.807) is 44.2 Å². The number of para-hydroxylation sites is 1. The van der Waals surface area contributed by atoms with Gasteiger partial charge in [-0.3, -0.25) is 23.7 Å². The number of esters is 1. The lowest BCUT2D eigenvalue weighted by molar-refractivity contribution is -0.149. The molecule has 3 rings (SSSR count). The molecule has 6 atom stereocenters. The second-order valence-electron chi connectivity index (χ2n) is 10.6. The van der Waals surface area contributed by atoms with Crippen molar-refractivity contribution in [1.82, 2.24) is 14.6 Å². The molecular formula is C28H43FN3O9PS. The van der Waals surface area contributed by atoms with Crippen molar-refractivity contribution in [1.29, 1.82) is 0 Å². The zero-order chi connectivity index (χ0) is 32.0. The number of nitrogens with zero attached hydrogens (tertiary/aromatic N) is 1. The van der Waals surface area contributed by atoms with Gasteiger partial charge in [0.05, 0.1) is 12.7 Å². The van der Waals surface area contributed by atoms with Crippen molar-refractivity contribution in [3.8, 4) is 5.75 Å². The maximum absolute atomic E-state index is 16.8. The van der Waals surface area contributed by atoms with Gasteiger partial charge in [-0.2, -0.15) is 5.09 Å². The molecule has 0 spiro atoms. The molecule has 2 N–H and O–H groups in total. The van der Waals surface area contributed by atoms with Crippen LogP contribution in [0, 0.1) is 0 Å². The first-order valence-electron chi connectivity index (χ1n) is 14.3. The van der Waals surface area contributed by atoms with Crippen molar-refractivity contribution < 1.29 is 36.5 Å². The number of halogens is 1. The van der Waals surface area contributed by atoms with Crippen molar-refractivity contribution in [2.24, 2.45) is 0 Å². The Morgan fingerprint density at radius 1 is 1.14 bits per heavy atom. The van der Waals surface area contributed by atoms with Gasteiger partial charge in [0.1, 0.15) is 24.0 Å². The SMILES string of the molecule is CCS(CC)(CC)O[C@@H]1[C@@H](COP(=O)(N[C@@H](C)C(=O)OC(C)C)Oc2ccccc2)O[C@@H](n2ccc(=O)[nH]c2=O)[C@]1(C)F. The van der Waals surface area contributed by atoms with E-state index in [2.05, 4.69) is 10.1 Å². The Hall–Kier alpha value is -2.48. The highest BCUT2D eigenvalue weighted by molar-refractivity contribution is 8.29. The van der Waals surface area contributed by atoms with E-state index in [0.29, 0.717) is 17.3 Å². The highest BCUT2D eigenvalue weighted by atomic mass is 32.3. The maximum Gasteiger partial charge on any atom is 0.459 e. The van der Waals surface area contributed by atoms with Crippen LogP contribution in [-0.2, 0) is 27.5 Å². The second kappa shape index (κ2) is 14.5.